The number of anilines is 1. The number of carbonyl (C=O) groups excluding carboxylic acids is 3. The highest BCUT2D eigenvalue weighted by molar-refractivity contribution is 7.99. The molecule has 3 heterocycles. The molecule has 1 saturated carbocycles. The third kappa shape index (κ3) is 6.40. The number of aromatic nitrogens is 2. The van der Waals surface area contributed by atoms with Crippen LogP contribution < -0.4 is 10.6 Å². The van der Waals surface area contributed by atoms with Crippen molar-refractivity contribution in [2.45, 2.75) is 36.9 Å². The first-order valence-electron chi connectivity index (χ1n) is 14.7. The molecule has 11 heteroatoms. The number of pyridine rings is 1. The highest BCUT2D eigenvalue weighted by atomic mass is 32.2. The van der Waals surface area contributed by atoms with E-state index in [-0.39, 0.29) is 18.4 Å². The van der Waals surface area contributed by atoms with Gasteiger partial charge in [-0.15, -0.1) is 23.1 Å². The molecule has 3 amide bonds. The first kappa shape index (κ1) is 29.0. The first-order valence-corrected chi connectivity index (χ1v) is 16.6. The predicted molar refractivity (Wildman–Crippen MR) is 176 cm³/mol. The number of thiazole rings is 1. The summed E-state index contributed by atoms with van der Waals surface area (Å²) in [7, 11) is 0. The van der Waals surface area contributed by atoms with Gasteiger partial charge in [-0.05, 0) is 48.2 Å². The van der Waals surface area contributed by atoms with E-state index in [1.165, 1.54) is 28.0 Å². The monoisotopic (exact) mass is 635 g/mol. The smallest absolute Gasteiger partial charge is 0.412 e. The zero-order valence-corrected chi connectivity index (χ0v) is 25.7. The van der Waals surface area contributed by atoms with Gasteiger partial charge in [0.05, 0.1) is 11.2 Å². The second kappa shape index (κ2) is 12.7. The van der Waals surface area contributed by atoms with E-state index in [0.717, 1.165) is 40.4 Å². The fourth-order valence-electron chi connectivity index (χ4n) is 5.24. The average Bonchev–Trinajstić information content (AvgIpc) is 3.58. The molecule has 7 rings (SSSR count). The Labute approximate surface area is 268 Å². The standard InChI is InChI=1S/C34H29N5O4S2/c40-30(36-24-14-15-24)23-12-10-22(11-13-23)28-19-45-33(37-28)38-31(41)29-20-44-32(26-16-17-35-27-9-5-4-8-25(26)27)39(29)34(42)43-18-21-6-2-1-3-7-21/h1-13,16-17,19,24,29,32H,14-15,18,20H2,(H,36,40)(H,37,38,41)/t29?,32-/m1/s1. The summed E-state index contributed by atoms with van der Waals surface area (Å²) in [6, 6.07) is 25.9. The average molecular weight is 636 g/mol. The Hall–Kier alpha value is -4.74. The van der Waals surface area contributed by atoms with Crippen molar-refractivity contribution in [3.8, 4) is 11.3 Å². The SMILES string of the molecule is O=C(NC1CC1)c1ccc(-c2csc(NC(=O)C3CS[C@H](c4ccnc5ccccc45)N3C(=O)OCc3ccccc3)n2)cc1. The molecule has 0 bridgehead atoms. The third-order valence-electron chi connectivity index (χ3n) is 7.76. The zero-order valence-electron chi connectivity index (χ0n) is 24.1. The molecule has 3 aromatic carbocycles. The summed E-state index contributed by atoms with van der Waals surface area (Å²) >= 11 is 2.82. The number of nitrogens with zero attached hydrogens (tertiary/aromatic N) is 3. The number of hydrogen-bond acceptors (Lipinski definition) is 8. The number of ether oxygens (including phenoxy) is 1. The van der Waals surface area contributed by atoms with Crippen LogP contribution in [0, 0.1) is 0 Å². The lowest BCUT2D eigenvalue weighted by atomic mass is 10.1. The molecule has 1 saturated heterocycles. The van der Waals surface area contributed by atoms with E-state index in [4.69, 9.17) is 4.74 Å². The largest absolute Gasteiger partial charge is 0.444 e. The summed E-state index contributed by atoms with van der Waals surface area (Å²) in [5, 5.41) is 8.67. The van der Waals surface area contributed by atoms with E-state index in [1.807, 2.05) is 78.2 Å². The lowest BCUT2D eigenvalue weighted by Gasteiger charge is -2.28. The van der Waals surface area contributed by atoms with Crippen LogP contribution in [0.4, 0.5) is 9.93 Å². The minimum Gasteiger partial charge on any atom is -0.444 e. The van der Waals surface area contributed by atoms with Crippen LogP contribution in [0.3, 0.4) is 0 Å². The normalized spacial score (nSPS) is 17.6. The van der Waals surface area contributed by atoms with Gasteiger partial charge in [-0.1, -0.05) is 60.7 Å². The van der Waals surface area contributed by atoms with Crippen LogP contribution in [0.25, 0.3) is 22.2 Å². The maximum Gasteiger partial charge on any atom is 0.412 e. The van der Waals surface area contributed by atoms with Crippen molar-refractivity contribution in [1.29, 1.82) is 0 Å². The molecule has 2 aliphatic rings. The van der Waals surface area contributed by atoms with Crippen molar-refractivity contribution in [3.63, 3.8) is 0 Å². The molecule has 2 fully saturated rings. The van der Waals surface area contributed by atoms with Gasteiger partial charge in [0.1, 0.15) is 18.0 Å². The molecule has 2 N–H and O–H groups in total. The van der Waals surface area contributed by atoms with Crippen molar-refractivity contribution in [2.24, 2.45) is 0 Å². The molecule has 2 aromatic heterocycles. The minimum absolute atomic E-state index is 0.0744. The molecule has 0 radical (unpaired) electrons. The van der Waals surface area contributed by atoms with E-state index < -0.39 is 17.5 Å². The molecule has 45 heavy (non-hydrogen) atoms. The van der Waals surface area contributed by atoms with Crippen LogP contribution in [0.1, 0.15) is 39.7 Å². The molecule has 226 valence electrons. The van der Waals surface area contributed by atoms with E-state index >= 15 is 0 Å². The zero-order chi connectivity index (χ0) is 30.8. The van der Waals surface area contributed by atoms with Gasteiger partial charge in [-0.2, -0.15) is 0 Å². The van der Waals surface area contributed by atoms with E-state index in [0.29, 0.717) is 28.2 Å². The number of para-hydroxylation sites is 1. The summed E-state index contributed by atoms with van der Waals surface area (Å²) in [5.41, 5.74) is 4.68. The van der Waals surface area contributed by atoms with E-state index in [2.05, 4.69) is 20.6 Å². The summed E-state index contributed by atoms with van der Waals surface area (Å²) < 4.78 is 5.76. The number of fused-ring (bicyclic) bond motifs is 1. The highest BCUT2D eigenvalue weighted by Crippen LogP contribution is 2.44. The maximum atomic E-state index is 13.7. The van der Waals surface area contributed by atoms with Gasteiger partial charge < -0.3 is 15.4 Å². The summed E-state index contributed by atoms with van der Waals surface area (Å²) in [5.74, 6) is -0.0291. The summed E-state index contributed by atoms with van der Waals surface area (Å²) in [6.07, 6.45) is 3.22. The molecule has 1 unspecified atom stereocenters. The van der Waals surface area contributed by atoms with Crippen LogP contribution >= 0.6 is 23.1 Å². The van der Waals surface area contributed by atoms with Gasteiger partial charge in [-0.3, -0.25) is 19.5 Å². The lowest BCUT2D eigenvalue weighted by Crippen LogP contribution is -2.45. The number of nitrogens with one attached hydrogen (secondary N) is 2. The Bertz CT molecular complexity index is 1850. The number of thioether (sulfide) groups is 1. The first-order chi connectivity index (χ1) is 22.0. The van der Waals surface area contributed by atoms with Gasteiger partial charge >= 0.3 is 6.09 Å². The quantitative estimate of drug-likeness (QED) is 0.197. The fourth-order valence-corrected chi connectivity index (χ4v) is 7.42. The Morgan fingerprint density at radius 2 is 1.71 bits per heavy atom. The Kier molecular flexibility index (Phi) is 8.19. The van der Waals surface area contributed by atoms with Crippen molar-refractivity contribution in [1.82, 2.24) is 20.2 Å². The van der Waals surface area contributed by atoms with Gasteiger partial charge in [0.25, 0.3) is 5.91 Å². The molecular weight excluding hydrogens is 607 g/mol. The van der Waals surface area contributed by atoms with Gasteiger partial charge in [0, 0.05) is 39.9 Å². The van der Waals surface area contributed by atoms with Crippen LogP contribution in [0.2, 0.25) is 0 Å². The van der Waals surface area contributed by atoms with Crippen LogP contribution in [-0.2, 0) is 16.1 Å². The van der Waals surface area contributed by atoms with Crippen molar-refractivity contribution in [2.75, 3.05) is 11.1 Å². The van der Waals surface area contributed by atoms with Crippen molar-refractivity contribution in [3.05, 3.63) is 113 Å². The lowest BCUT2D eigenvalue weighted by molar-refractivity contribution is -0.120. The molecule has 1 aliphatic heterocycles. The number of carbonyl (C=O) groups is 3. The number of amides is 3. The number of rotatable bonds is 8. The predicted octanol–water partition coefficient (Wildman–Crippen LogP) is 6.64. The molecule has 9 nitrogen and oxygen atoms in total. The summed E-state index contributed by atoms with van der Waals surface area (Å²) in [4.78, 5) is 50.4. The van der Waals surface area contributed by atoms with E-state index in [9.17, 15) is 14.4 Å². The topological polar surface area (TPSA) is 114 Å². The fraction of sp³-hybridized carbons (Fsp3) is 0.206. The Balaban J connectivity index is 1.09. The molecule has 5 aromatic rings. The maximum absolute atomic E-state index is 13.7. The third-order valence-corrected chi connectivity index (χ3v) is 9.82. The molecule has 1 aliphatic carbocycles. The second-order valence-electron chi connectivity index (χ2n) is 10.9. The van der Waals surface area contributed by atoms with Crippen LogP contribution in [0.15, 0.2) is 96.5 Å². The van der Waals surface area contributed by atoms with Crippen molar-refractivity contribution >= 4 is 57.0 Å². The molecule has 2 atom stereocenters. The van der Waals surface area contributed by atoms with Crippen LogP contribution in [0.5, 0.6) is 0 Å². The van der Waals surface area contributed by atoms with Crippen molar-refractivity contribution < 1.29 is 19.1 Å². The summed E-state index contributed by atoms with van der Waals surface area (Å²) in [6.45, 7) is 0.0931. The van der Waals surface area contributed by atoms with E-state index in [1.54, 1.807) is 18.3 Å². The highest BCUT2D eigenvalue weighted by Gasteiger charge is 2.44. The Morgan fingerprint density at radius 3 is 2.51 bits per heavy atom. The van der Waals surface area contributed by atoms with Gasteiger partial charge in [0.2, 0.25) is 5.91 Å². The Morgan fingerprint density at radius 1 is 0.933 bits per heavy atom. The number of hydrogen-bond donors (Lipinski definition) is 2. The molecule has 0 spiro atoms. The molecular formula is C34H29N5O4S2. The minimum atomic E-state index is -0.785. The number of benzene rings is 3. The second-order valence-corrected chi connectivity index (χ2v) is 12.9. The van der Waals surface area contributed by atoms with Crippen LogP contribution in [-0.4, -0.2) is 50.6 Å². The van der Waals surface area contributed by atoms with Gasteiger partial charge in [0.15, 0.2) is 5.13 Å². The van der Waals surface area contributed by atoms with Gasteiger partial charge in [-0.25, -0.2) is 9.78 Å².